The molecular weight excluding hydrogens is 317 g/mol. The lowest BCUT2D eigenvalue weighted by Gasteiger charge is -2.11. The van der Waals surface area contributed by atoms with E-state index in [4.69, 9.17) is 0 Å². The summed E-state index contributed by atoms with van der Waals surface area (Å²) in [6.07, 6.45) is 5.06. The molecule has 0 aliphatic heterocycles. The van der Waals surface area contributed by atoms with Crippen LogP contribution >= 0.6 is 0 Å². The van der Waals surface area contributed by atoms with Crippen LogP contribution < -0.4 is 4.72 Å². The largest absolute Gasteiger partial charge is 0.306 e. The summed E-state index contributed by atoms with van der Waals surface area (Å²) in [6, 6.07) is 12.3. The smallest absolute Gasteiger partial charge is 0.240 e. The van der Waals surface area contributed by atoms with Crippen LogP contribution in [0.25, 0.3) is 5.69 Å². The molecule has 0 radical (unpaired) electrons. The topological polar surface area (TPSA) is 64.0 Å². The number of nitrogens with one attached hydrogen (secondary N) is 1. The molecule has 0 amide bonds. The molecule has 0 bridgehead atoms. The van der Waals surface area contributed by atoms with E-state index in [0.717, 1.165) is 17.3 Å². The Morgan fingerprint density at radius 3 is 2.70 bits per heavy atom. The molecule has 118 valence electrons. The quantitative estimate of drug-likeness (QED) is 0.781. The van der Waals surface area contributed by atoms with Gasteiger partial charge in [0.25, 0.3) is 0 Å². The summed E-state index contributed by atoms with van der Waals surface area (Å²) in [7, 11) is -3.78. The molecule has 23 heavy (non-hydrogen) atoms. The van der Waals surface area contributed by atoms with Gasteiger partial charge in [0, 0.05) is 18.9 Å². The lowest BCUT2D eigenvalue weighted by atomic mass is 10.2. The highest BCUT2D eigenvalue weighted by molar-refractivity contribution is 7.89. The second kappa shape index (κ2) is 6.31. The van der Waals surface area contributed by atoms with Gasteiger partial charge in [0.2, 0.25) is 10.0 Å². The standard InChI is InChI=1S/C16H14FN3O2S/c17-14-5-3-6-15(10-14)23(21,22)19-11-13-4-1-2-7-16(13)20-9-8-18-12-20/h1-10,12,19H,11H2. The van der Waals surface area contributed by atoms with Gasteiger partial charge in [0.1, 0.15) is 5.82 Å². The predicted octanol–water partition coefficient (Wildman–Crippen LogP) is 2.49. The summed E-state index contributed by atoms with van der Waals surface area (Å²) in [6.45, 7) is 0.0905. The van der Waals surface area contributed by atoms with Crippen LogP contribution in [-0.2, 0) is 16.6 Å². The molecule has 5 nitrogen and oxygen atoms in total. The van der Waals surface area contributed by atoms with Crippen molar-refractivity contribution in [2.24, 2.45) is 0 Å². The van der Waals surface area contributed by atoms with Gasteiger partial charge in [-0.05, 0) is 29.8 Å². The van der Waals surface area contributed by atoms with E-state index in [1.165, 1.54) is 18.2 Å². The zero-order chi connectivity index (χ0) is 16.3. The zero-order valence-corrected chi connectivity index (χ0v) is 12.9. The number of nitrogens with zero attached hydrogens (tertiary/aromatic N) is 2. The van der Waals surface area contributed by atoms with E-state index in [9.17, 15) is 12.8 Å². The second-order valence-corrected chi connectivity index (χ2v) is 6.65. The van der Waals surface area contributed by atoms with E-state index < -0.39 is 15.8 Å². The molecule has 0 saturated heterocycles. The van der Waals surface area contributed by atoms with Crippen LogP contribution in [0.15, 0.2) is 72.1 Å². The summed E-state index contributed by atoms with van der Waals surface area (Å²) in [5.74, 6) is -0.591. The van der Waals surface area contributed by atoms with E-state index in [-0.39, 0.29) is 11.4 Å². The molecule has 0 fully saturated rings. The first kappa shape index (κ1) is 15.4. The second-order valence-electron chi connectivity index (χ2n) is 4.88. The van der Waals surface area contributed by atoms with Crippen molar-refractivity contribution in [2.75, 3.05) is 0 Å². The highest BCUT2D eigenvalue weighted by Gasteiger charge is 2.15. The van der Waals surface area contributed by atoms with E-state index in [1.54, 1.807) is 23.3 Å². The van der Waals surface area contributed by atoms with Gasteiger partial charge in [0.05, 0.1) is 16.9 Å². The normalized spacial score (nSPS) is 11.5. The van der Waals surface area contributed by atoms with E-state index >= 15 is 0 Å². The van der Waals surface area contributed by atoms with Crippen molar-refractivity contribution in [3.05, 3.63) is 78.6 Å². The van der Waals surface area contributed by atoms with Gasteiger partial charge < -0.3 is 4.57 Å². The monoisotopic (exact) mass is 331 g/mol. The van der Waals surface area contributed by atoms with Crippen molar-refractivity contribution < 1.29 is 12.8 Å². The Bertz CT molecular complexity index is 909. The number of hydrogen-bond acceptors (Lipinski definition) is 3. The Kier molecular flexibility index (Phi) is 4.22. The third-order valence-electron chi connectivity index (χ3n) is 3.33. The lowest BCUT2D eigenvalue weighted by molar-refractivity contribution is 0.577. The number of benzene rings is 2. The Hall–Kier alpha value is -2.51. The number of aromatic nitrogens is 2. The van der Waals surface area contributed by atoms with E-state index in [2.05, 4.69) is 9.71 Å². The van der Waals surface area contributed by atoms with Crippen molar-refractivity contribution in [3.63, 3.8) is 0 Å². The maximum atomic E-state index is 13.2. The van der Waals surface area contributed by atoms with Crippen LogP contribution in [0, 0.1) is 5.82 Å². The van der Waals surface area contributed by atoms with Gasteiger partial charge in [-0.25, -0.2) is 22.5 Å². The molecule has 3 aromatic rings. The molecule has 0 unspecified atom stereocenters. The lowest BCUT2D eigenvalue weighted by Crippen LogP contribution is -2.24. The number of sulfonamides is 1. The molecule has 0 spiro atoms. The molecule has 0 atom stereocenters. The summed E-state index contributed by atoms with van der Waals surface area (Å²) in [4.78, 5) is 3.89. The summed E-state index contributed by atoms with van der Waals surface area (Å²) in [5.41, 5.74) is 1.61. The van der Waals surface area contributed by atoms with Crippen molar-refractivity contribution in [2.45, 2.75) is 11.4 Å². The Balaban J connectivity index is 1.84. The molecular formula is C16H14FN3O2S. The SMILES string of the molecule is O=S(=O)(NCc1ccccc1-n1ccnc1)c1cccc(F)c1. The maximum absolute atomic E-state index is 13.2. The number of imidazole rings is 1. The number of hydrogen-bond donors (Lipinski definition) is 1. The fourth-order valence-corrected chi connectivity index (χ4v) is 3.24. The van der Waals surface area contributed by atoms with Crippen LogP contribution in [-0.4, -0.2) is 18.0 Å². The zero-order valence-electron chi connectivity index (χ0n) is 12.1. The predicted molar refractivity (Wildman–Crippen MR) is 84.0 cm³/mol. The highest BCUT2D eigenvalue weighted by Crippen LogP contribution is 2.16. The molecule has 1 heterocycles. The third-order valence-corrected chi connectivity index (χ3v) is 4.73. The van der Waals surface area contributed by atoms with Gasteiger partial charge in [-0.1, -0.05) is 24.3 Å². The Morgan fingerprint density at radius 2 is 1.96 bits per heavy atom. The minimum absolute atomic E-state index is 0.0905. The average Bonchev–Trinajstić information content (AvgIpc) is 3.08. The first-order valence-corrected chi connectivity index (χ1v) is 8.36. The number of rotatable bonds is 5. The van der Waals surface area contributed by atoms with Crippen LogP contribution in [0.1, 0.15) is 5.56 Å². The summed E-state index contributed by atoms with van der Waals surface area (Å²) >= 11 is 0. The van der Waals surface area contributed by atoms with Crippen molar-refractivity contribution in [1.82, 2.24) is 14.3 Å². The molecule has 0 saturated carbocycles. The van der Waals surface area contributed by atoms with Crippen molar-refractivity contribution in [3.8, 4) is 5.69 Å². The average molecular weight is 331 g/mol. The highest BCUT2D eigenvalue weighted by atomic mass is 32.2. The molecule has 0 aliphatic carbocycles. The minimum Gasteiger partial charge on any atom is -0.306 e. The first-order valence-electron chi connectivity index (χ1n) is 6.88. The van der Waals surface area contributed by atoms with Gasteiger partial charge >= 0.3 is 0 Å². The summed E-state index contributed by atoms with van der Waals surface area (Å²) < 4.78 is 42.0. The fraction of sp³-hybridized carbons (Fsp3) is 0.0625. The molecule has 3 rings (SSSR count). The fourth-order valence-electron chi connectivity index (χ4n) is 2.20. The summed E-state index contributed by atoms with van der Waals surface area (Å²) in [5, 5.41) is 0. The van der Waals surface area contributed by atoms with Crippen molar-refractivity contribution in [1.29, 1.82) is 0 Å². The van der Waals surface area contributed by atoms with Gasteiger partial charge in [-0.3, -0.25) is 0 Å². The molecule has 7 heteroatoms. The first-order chi connectivity index (χ1) is 11.1. The van der Waals surface area contributed by atoms with E-state index in [0.29, 0.717) is 0 Å². The Labute approximate surface area is 133 Å². The van der Waals surface area contributed by atoms with Crippen LogP contribution in [0.5, 0.6) is 0 Å². The number of para-hydroxylation sites is 1. The minimum atomic E-state index is -3.78. The number of halogens is 1. The van der Waals surface area contributed by atoms with Crippen LogP contribution in [0.3, 0.4) is 0 Å². The molecule has 1 aromatic heterocycles. The van der Waals surface area contributed by atoms with Gasteiger partial charge in [-0.15, -0.1) is 0 Å². The van der Waals surface area contributed by atoms with Gasteiger partial charge in [-0.2, -0.15) is 0 Å². The van der Waals surface area contributed by atoms with Crippen LogP contribution in [0.4, 0.5) is 4.39 Å². The molecule has 0 aliphatic rings. The van der Waals surface area contributed by atoms with Crippen molar-refractivity contribution >= 4 is 10.0 Å². The molecule has 2 aromatic carbocycles. The van der Waals surface area contributed by atoms with E-state index in [1.807, 2.05) is 24.3 Å². The maximum Gasteiger partial charge on any atom is 0.240 e. The molecule has 1 N–H and O–H groups in total. The van der Waals surface area contributed by atoms with Gasteiger partial charge in [0.15, 0.2) is 0 Å². The van der Waals surface area contributed by atoms with Crippen LogP contribution in [0.2, 0.25) is 0 Å². The Morgan fingerprint density at radius 1 is 1.13 bits per heavy atom. The third kappa shape index (κ3) is 3.46.